The molecule has 0 aliphatic rings. The van der Waals surface area contributed by atoms with E-state index in [9.17, 15) is 4.39 Å². The fourth-order valence-electron chi connectivity index (χ4n) is 0.679. The van der Waals surface area contributed by atoms with Crippen LogP contribution in [0.3, 0.4) is 0 Å². The highest BCUT2D eigenvalue weighted by Crippen LogP contribution is 2.13. The first-order chi connectivity index (χ1) is 4.74. The van der Waals surface area contributed by atoms with Crippen LogP contribution in [0, 0.1) is 5.82 Å². The molecule has 51 valence electrons. The molecule has 0 aromatic heterocycles. The topological polar surface area (TPSA) is 0 Å². The highest BCUT2D eigenvalue weighted by molar-refractivity contribution is 6.30. The van der Waals surface area contributed by atoms with Crippen LogP contribution >= 0.6 is 11.6 Å². The summed E-state index contributed by atoms with van der Waals surface area (Å²) in [5.41, 5.74) is 0.587. The van der Waals surface area contributed by atoms with Crippen LogP contribution in [0.4, 0.5) is 4.39 Å². The summed E-state index contributed by atoms with van der Waals surface area (Å²) in [7, 11) is 3.19. The molecule has 0 saturated carbocycles. The maximum Gasteiger partial charge on any atom is 0.126 e. The Morgan fingerprint density at radius 1 is 1.50 bits per heavy atom. The van der Waals surface area contributed by atoms with Crippen LogP contribution in [-0.4, -0.2) is 10.2 Å². The van der Waals surface area contributed by atoms with Gasteiger partial charge >= 0.3 is 0 Å². The summed E-state index contributed by atoms with van der Waals surface area (Å²) in [4.78, 5) is 0. The van der Waals surface area contributed by atoms with E-state index < -0.39 is 0 Å². The van der Waals surface area contributed by atoms with Crippen LogP contribution in [0.25, 0.3) is 0 Å². The average Bonchev–Trinajstić information content (AvgIpc) is 1.94. The Bertz CT molecular complexity index is 237. The molecular formula is C7H5ClFSi. The Morgan fingerprint density at radius 2 is 2.20 bits per heavy atom. The molecule has 1 rings (SSSR count). The van der Waals surface area contributed by atoms with Crippen LogP contribution in [0.5, 0.6) is 0 Å². The predicted octanol–water partition coefficient (Wildman–Crippen LogP) is 2.15. The molecule has 0 saturated heterocycles. The summed E-state index contributed by atoms with van der Waals surface area (Å²) in [5, 5.41) is 0.564. The number of rotatable bonds is 1. The number of benzene rings is 1. The Hall–Kier alpha value is -0.343. The van der Waals surface area contributed by atoms with Crippen molar-refractivity contribution in [2.75, 3.05) is 0 Å². The first-order valence-corrected chi connectivity index (χ1v) is 3.91. The molecule has 0 aliphatic heterocycles. The first kappa shape index (κ1) is 7.76. The molecule has 0 nitrogen and oxygen atoms in total. The predicted molar refractivity (Wildman–Crippen MR) is 40.9 cm³/mol. The summed E-state index contributed by atoms with van der Waals surface area (Å²) < 4.78 is 12.7. The monoisotopic (exact) mass is 171 g/mol. The third-order valence-corrected chi connectivity index (χ3v) is 1.81. The molecule has 1 aromatic carbocycles. The van der Waals surface area contributed by atoms with Crippen LogP contribution in [0.2, 0.25) is 5.02 Å². The summed E-state index contributed by atoms with van der Waals surface area (Å²) in [5.74, 6) is -0.223. The van der Waals surface area contributed by atoms with Crippen LogP contribution in [0.15, 0.2) is 18.2 Å². The molecular weight excluding hydrogens is 167 g/mol. The minimum atomic E-state index is -0.223. The van der Waals surface area contributed by atoms with Crippen molar-refractivity contribution in [3.63, 3.8) is 0 Å². The van der Waals surface area contributed by atoms with E-state index in [1.165, 1.54) is 12.1 Å². The second-order valence-corrected chi connectivity index (χ2v) is 2.70. The molecule has 0 spiro atoms. The van der Waals surface area contributed by atoms with E-state index in [0.29, 0.717) is 16.6 Å². The fraction of sp³-hybridized carbons (Fsp3) is 0.143. The third-order valence-electron chi connectivity index (χ3n) is 1.20. The van der Waals surface area contributed by atoms with Crippen LogP contribution < -0.4 is 0 Å². The molecule has 0 bridgehead atoms. The maximum atomic E-state index is 12.7. The van der Waals surface area contributed by atoms with Crippen molar-refractivity contribution in [1.29, 1.82) is 0 Å². The largest absolute Gasteiger partial charge is 0.207 e. The zero-order valence-corrected chi connectivity index (χ0v) is 6.95. The van der Waals surface area contributed by atoms with Gasteiger partial charge < -0.3 is 0 Å². The molecule has 3 radical (unpaired) electrons. The minimum Gasteiger partial charge on any atom is -0.207 e. The van der Waals surface area contributed by atoms with Gasteiger partial charge in [0.2, 0.25) is 0 Å². The van der Waals surface area contributed by atoms with E-state index in [2.05, 4.69) is 10.2 Å². The smallest absolute Gasteiger partial charge is 0.126 e. The van der Waals surface area contributed by atoms with Crippen molar-refractivity contribution < 1.29 is 4.39 Å². The first-order valence-electron chi connectivity index (χ1n) is 2.82. The van der Waals surface area contributed by atoms with Crippen molar-refractivity contribution in [3.05, 3.63) is 34.6 Å². The van der Waals surface area contributed by atoms with E-state index >= 15 is 0 Å². The Balaban J connectivity index is 3.09. The lowest BCUT2D eigenvalue weighted by Gasteiger charge is -1.97. The van der Waals surface area contributed by atoms with E-state index in [-0.39, 0.29) is 5.82 Å². The summed E-state index contributed by atoms with van der Waals surface area (Å²) in [6.07, 6.45) is 0. The van der Waals surface area contributed by atoms with Crippen LogP contribution in [0.1, 0.15) is 5.56 Å². The summed E-state index contributed by atoms with van der Waals surface area (Å²) in [6.45, 7) is 0. The fourth-order valence-corrected chi connectivity index (χ4v) is 1.14. The highest BCUT2D eigenvalue weighted by Gasteiger charge is 1.98. The van der Waals surface area contributed by atoms with Gasteiger partial charge in [0.15, 0.2) is 0 Å². The van der Waals surface area contributed by atoms with Gasteiger partial charge in [0.1, 0.15) is 5.82 Å². The Morgan fingerprint density at radius 3 is 2.70 bits per heavy atom. The van der Waals surface area contributed by atoms with Gasteiger partial charge in [0.25, 0.3) is 0 Å². The van der Waals surface area contributed by atoms with Gasteiger partial charge in [-0.1, -0.05) is 11.6 Å². The lowest BCUT2D eigenvalue weighted by Crippen LogP contribution is -1.88. The molecule has 10 heavy (non-hydrogen) atoms. The SMILES string of the molecule is Fc1ccc(Cl)cc1C[Si]. The van der Waals surface area contributed by atoms with Crippen molar-refractivity contribution in [2.45, 2.75) is 6.04 Å². The van der Waals surface area contributed by atoms with E-state index in [4.69, 9.17) is 11.6 Å². The zero-order chi connectivity index (χ0) is 7.56. The van der Waals surface area contributed by atoms with Gasteiger partial charge in [-0.15, -0.1) is 0 Å². The normalized spacial score (nSPS) is 9.90. The molecule has 0 unspecified atom stereocenters. The Kier molecular flexibility index (Phi) is 2.46. The molecule has 3 heteroatoms. The van der Waals surface area contributed by atoms with Gasteiger partial charge in [0.05, 0.1) is 0 Å². The zero-order valence-electron chi connectivity index (χ0n) is 5.20. The average molecular weight is 172 g/mol. The standard InChI is InChI=1S/C7H5ClFSi/c8-6-1-2-7(9)5(3-6)4-10/h1-3H,4H2. The lowest BCUT2D eigenvalue weighted by molar-refractivity contribution is 0.617. The number of hydrogen-bond acceptors (Lipinski definition) is 0. The molecule has 0 N–H and O–H groups in total. The molecule has 0 heterocycles. The van der Waals surface area contributed by atoms with E-state index in [1.54, 1.807) is 6.07 Å². The van der Waals surface area contributed by atoms with E-state index in [0.717, 1.165) is 0 Å². The quantitative estimate of drug-likeness (QED) is 0.568. The number of hydrogen-bond donors (Lipinski definition) is 0. The lowest BCUT2D eigenvalue weighted by atomic mass is 10.2. The van der Waals surface area contributed by atoms with Crippen molar-refractivity contribution in [1.82, 2.24) is 0 Å². The van der Waals surface area contributed by atoms with Crippen molar-refractivity contribution in [3.8, 4) is 0 Å². The van der Waals surface area contributed by atoms with Crippen molar-refractivity contribution in [2.24, 2.45) is 0 Å². The minimum absolute atomic E-state index is 0.223. The third kappa shape index (κ3) is 1.58. The summed E-state index contributed by atoms with van der Waals surface area (Å²) in [6, 6.07) is 4.98. The van der Waals surface area contributed by atoms with Gasteiger partial charge in [0, 0.05) is 15.3 Å². The molecule has 0 fully saturated rings. The van der Waals surface area contributed by atoms with Gasteiger partial charge in [-0.3, -0.25) is 0 Å². The second-order valence-electron chi connectivity index (χ2n) is 1.91. The maximum absolute atomic E-state index is 12.7. The van der Waals surface area contributed by atoms with E-state index in [1.807, 2.05) is 0 Å². The molecule has 1 aromatic rings. The Labute approximate surface area is 67.4 Å². The molecule has 0 aliphatic carbocycles. The molecule has 0 amide bonds. The van der Waals surface area contributed by atoms with Gasteiger partial charge in [-0.05, 0) is 29.8 Å². The number of halogens is 2. The van der Waals surface area contributed by atoms with Crippen LogP contribution in [-0.2, 0) is 6.04 Å². The molecule has 0 atom stereocenters. The van der Waals surface area contributed by atoms with Gasteiger partial charge in [-0.25, -0.2) is 4.39 Å². The summed E-state index contributed by atoms with van der Waals surface area (Å²) >= 11 is 5.61. The van der Waals surface area contributed by atoms with Gasteiger partial charge in [-0.2, -0.15) is 0 Å². The second kappa shape index (κ2) is 3.17. The van der Waals surface area contributed by atoms with Crippen molar-refractivity contribution >= 4 is 21.8 Å². The highest BCUT2D eigenvalue weighted by atomic mass is 35.5.